The number of anilines is 1. The molecule has 6 heteroatoms. The first kappa shape index (κ1) is 21.8. The zero-order valence-corrected chi connectivity index (χ0v) is 18.8. The number of halogens is 1. The van der Waals surface area contributed by atoms with Crippen LogP contribution in [0.4, 0.5) is 5.69 Å². The van der Waals surface area contributed by atoms with E-state index in [9.17, 15) is 14.7 Å². The molecule has 0 saturated carbocycles. The zero-order valence-electron chi connectivity index (χ0n) is 18.0. The summed E-state index contributed by atoms with van der Waals surface area (Å²) in [6.45, 7) is 6.32. The van der Waals surface area contributed by atoms with Crippen LogP contribution in [0.3, 0.4) is 0 Å². The Hall–Kier alpha value is -3.44. The van der Waals surface area contributed by atoms with Crippen LogP contribution in [0.2, 0.25) is 5.02 Å². The minimum absolute atomic E-state index is 0.0187. The van der Waals surface area contributed by atoms with Crippen LogP contribution in [0.15, 0.2) is 78.6 Å². The van der Waals surface area contributed by atoms with E-state index in [4.69, 9.17) is 11.6 Å². The zero-order chi connectivity index (χ0) is 23.0. The van der Waals surface area contributed by atoms with Gasteiger partial charge >= 0.3 is 0 Å². The van der Waals surface area contributed by atoms with Crippen molar-refractivity contribution >= 4 is 34.7 Å². The number of carbonyl (C=O) groups excluding carboxylic acids is 2. The molecule has 4 rings (SSSR count). The van der Waals surface area contributed by atoms with E-state index >= 15 is 0 Å². The number of rotatable bonds is 3. The van der Waals surface area contributed by atoms with Crippen LogP contribution >= 0.6 is 11.6 Å². The molecule has 2 aromatic carbocycles. The summed E-state index contributed by atoms with van der Waals surface area (Å²) in [6, 6.07) is 16.8. The van der Waals surface area contributed by atoms with Gasteiger partial charge in [-0.15, -0.1) is 0 Å². The molecule has 0 bridgehead atoms. The van der Waals surface area contributed by atoms with E-state index in [2.05, 4.69) is 25.8 Å². The van der Waals surface area contributed by atoms with E-state index < -0.39 is 17.7 Å². The maximum absolute atomic E-state index is 13.2. The van der Waals surface area contributed by atoms with Crippen molar-refractivity contribution in [3.05, 3.63) is 100 Å². The van der Waals surface area contributed by atoms with E-state index in [1.54, 1.807) is 48.8 Å². The number of hydrogen-bond donors (Lipinski definition) is 1. The van der Waals surface area contributed by atoms with Crippen molar-refractivity contribution in [3.8, 4) is 0 Å². The standard InChI is InChI=1S/C26H23ClN2O3/c1-26(2,3)18-8-12-20(13-9-18)29-22(17-5-4-14-28-15-17)21(24(31)25(29)32)23(30)16-6-10-19(27)11-7-16/h4-15,22,30H,1-3H3/b23-21+. The van der Waals surface area contributed by atoms with Gasteiger partial charge in [-0.1, -0.05) is 50.6 Å². The highest BCUT2D eigenvalue weighted by Crippen LogP contribution is 2.42. The molecule has 1 amide bonds. The molecule has 1 saturated heterocycles. The predicted molar refractivity (Wildman–Crippen MR) is 126 cm³/mol. The van der Waals surface area contributed by atoms with Gasteiger partial charge in [0.2, 0.25) is 0 Å². The largest absolute Gasteiger partial charge is 0.507 e. The first-order chi connectivity index (χ1) is 15.2. The highest BCUT2D eigenvalue weighted by Gasteiger charge is 2.47. The lowest BCUT2D eigenvalue weighted by molar-refractivity contribution is -0.132. The number of aliphatic hydroxyl groups is 1. The summed E-state index contributed by atoms with van der Waals surface area (Å²) >= 11 is 5.97. The van der Waals surface area contributed by atoms with Crippen molar-refractivity contribution < 1.29 is 14.7 Å². The van der Waals surface area contributed by atoms with E-state index in [1.807, 2.05) is 24.3 Å². The first-order valence-electron chi connectivity index (χ1n) is 10.3. The third kappa shape index (κ3) is 3.92. The molecule has 0 aliphatic carbocycles. The summed E-state index contributed by atoms with van der Waals surface area (Å²) < 4.78 is 0. The van der Waals surface area contributed by atoms with Crippen LogP contribution in [-0.2, 0) is 15.0 Å². The fourth-order valence-corrected chi connectivity index (χ4v) is 3.96. The molecule has 5 nitrogen and oxygen atoms in total. The number of hydrogen-bond acceptors (Lipinski definition) is 4. The minimum Gasteiger partial charge on any atom is -0.507 e. The lowest BCUT2D eigenvalue weighted by Gasteiger charge is -2.26. The molecule has 3 aromatic rings. The molecule has 162 valence electrons. The third-order valence-electron chi connectivity index (χ3n) is 5.57. The molecule has 1 aliphatic rings. The Balaban J connectivity index is 1.88. The van der Waals surface area contributed by atoms with Crippen molar-refractivity contribution in [2.45, 2.75) is 32.2 Å². The van der Waals surface area contributed by atoms with Gasteiger partial charge in [0.15, 0.2) is 0 Å². The average Bonchev–Trinajstić information content (AvgIpc) is 3.04. The lowest BCUT2D eigenvalue weighted by atomic mass is 9.87. The maximum atomic E-state index is 13.2. The Bertz CT molecular complexity index is 1190. The van der Waals surface area contributed by atoms with E-state index in [0.29, 0.717) is 21.8 Å². The summed E-state index contributed by atoms with van der Waals surface area (Å²) in [4.78, 5) is 31.9. The summed E-state index contributed by atoms with van der Waals surface area (Å²) in [5, 5.41) is 11.6. The fraction of sp³-hybridized carbons (Fsp3) is 0.192. The summed E-state index contributed by atoms with van der Waals surface area (Å²) in [7, 11) is 0. The van der Waals surface area contributed by atoms with Gasteiger partial charge in [0.1, 0.15) is 5.76 Å². The Morgan fingerprint density at radius 2 is 1.66 bits per heavy atom. The van der Waals surface area contributed by atoms with Crippen molar-refractivity contribution in [2.75, 3.05) is 4.90 Å². The minimum atomic E-state index is -0.806. The average molecular weight is 447 g/mol. The van der Waals surface area contributed by atoms with Crippen molar-refractivity contribution in [1.82, 2.24) is 4.98 Å². The van der Waals surface area contributed by atoms with Gasteiger partial charge in [0.25, 0.3) is 11.7 Å². The second-order valence-electron chi connectivity index (χ2n) is 8.76. The summed E-state index contributed by atoms with van der Waals surface area (Å²) in [5.41, 5.74) is 2.68. The molecule has 1 fully saturated rings. The van der Waals surface area contributed by atoms with Gasteiger partial charge in [-0.2, -0.15) is 0 Å². The van der Waals surface area contributed by atoms with Crippen LogP contribution in [0.5, 0.6) is 0 Å². The molecule has 0 spiro atoms. The van der Waals surface area contributed by atoms with Gasteiger partial charge in [0, 0.05) is 28.7 Å². The van der Waals surface area contributed by atoms with Crippen LogP contribution in [0.1, 0.15) is 43.5 Å². The number of benzene rings is 2. The van der Waals surface area contributed by atoms with Gasteiger partial charge in [-0.25, -0.2) is 0 Å². The Labute approximate surface area is 192 Å². The third-order valence-corrected chi connectivity index (χ3v) is 5.83. The second kappa shape index (κ2) is 8.24. The topological polar surface area (TPSA) is 70.5 Å². The molecule has 1 aromatic heterocycles. The van der Waals surface area contributed by atoms with Crippen LogP contribution < -0.4 is 4.90 Å². The van der Waals surface area contributed by atoms with E-state index in [0.717, 1.165) is 5.56 Å². The number of ketones is 1. The number of amides is 1. The summed E-state index contributed by atoms with van der Waals surface area (Å²) in [6.07, 6.45) is 3.22. The number of nitrogens with zero attached hydrogens (tertiary/aromatic N) is 2. The maximum Gasteiger partial charge on any atom is 0.300 e. The molecule has 1 N–H and O–H groups in total. The number of aliphatic hydroxyl groups excluding tert-OH is 1. The Kier molecular flexibility index (Phi) is 5.61. The first-order valence-corrected chi connectivity index (χ1v) is 10.6. The smallest absolute Gasteiger partial charge is 0.300 e. The summed E-state index contributed by atoms with van der Waals surface area (Å²) in [5.74, 6) is -1.69. The molecule has 1 unspecified atom stereocenters. The van der Waals surface area contributed by atoms with Gasteiger partial charge in [0.05, 0.1) is 11.6 Å². The van der Waals surface area contributed by atoms with Crippen LogP contribution in [0.25, 0.3) is 5.76 Å². The van der Waals surface area contributed by atoms with Crippen molar-refractivity contribution in [3.63, 3.8) is 0 Å². The molecule has 1 aliphatic heterocycles. The predicted octanol–water partition coefficient (Wildman–Crippen LogP) is 5.66. The van der Waals surface area contributed by atoms with Gasteiger partial charge in [-0.3, -0.25) is 19.5 Å². The lowest BCUT2D eigenvalue weighted by Crippen LogP contribution is -2.29. The molecule has 2 heterocycles. The highest BCUT2D eigenvalue weighted by atomic mass is 35.5. The molecule has 0 radical (unpaired) electrons. The second-order valence-corrected chi connectivity index (χ2v) is 9.20. The van der Waals surface area contributed by atoms with E-state index in [-0.39, 0.29) is 16.7 Å². The number of carbonyl (C=O) groups is 2. The van der Waals surface area contributed by atoms with Crippen LogP contribution in [-0.4, -0.2) is 21.8 Å². The number of Topliss-reactive ketones (excluding diaryl/α,β-unsaturated/α-hetero) is 1. The SMILES string of the molecule is CC(C)(C)c1ccc(N2C(=O)C(=O)/C(=C(/O)c3ccc(Cl)cc3)C2c2cccnc2)cc1. The normalized spacial score (nSPS) is 18.2. The van der Waals surface area contributed by atoms with Gasteiger partial charge in [-0.05, 0) is 59.0 Å². The van der Waals surface area contributed by atoms with Crippen molar-refractivity contribution in [1.29, 1.82) is 0 Å². The molecular weight excluding hydrogens is 424 g/mol. The number of aromatic nitrogens is 1. The van der Waals surface area contributed by atoms with Crippen LogP contribution in [0, 0.1) is 0 Å². The molecule has 32 heavy (non-hydrogen) atoms. The highest BCUT2D eigenvalue weighted by molar-refractivity contribution is 6.51. The monoisotopic (exact) mass is 446 g/mol. The Morgan fingerprint density at radius 3 is 2.22 bits per heavy atom. The molecular formula is C26H23ClN2O3. The quantitative estimate of drug-likeness (QED) is 0.320. The van der Waals surface area contributed by atoms with Gasteiger partial charge < -0.3 is 5.11 Å². The molecule has 1 atom stereocenters. The Morgan fingerprint density at radius 1 is 1.00 bits per heavy atom. The number of pyridine rings is 1. The fourth-order valence-electron chi connectivity index (χ4n) is 3.84. The van der Waals surface area contributed by atoms with Crippen molar-refractivity contribution in [2.24, 2.45) is 0 Å². The van der Waals surface area contributed by atoms with E-state index in [1.165, 1.54) is 4.90 Å².